The molecular weight excluding hydrogens is 405 g/mol. The lowest BCUT2D eigenvalue weighted by Gasteiger charge is -2.22. The van der Waals surface area contributed by atoms with E-state index < -0.39 is 0 Å². The van der Waals surface area contributed by atoms with E-state index in [0.29, 0.717) is 0 Å². The van der Waals surface area contributed by atoms with Gasteiger partial charge < -0.3 is 14.8 Å². The molecule has 0 spiro atoms. The van der Waals surface area contributed by atoms with Crippen molar-refractivity contribution in [1.29, 1.82) is 0 Å². The molecule has 2 aliphatic heterocycles. The largest absolute Gasteiger partial charge is 0.490 e. The Morgan fingerprint density at radius 3 is 2.06 bits per heavy atom. The second-order valence-electron chi connectivity index (χ2n) is 5.96. The number of hydrogen-bond donors (Lipinski definition) is 1. The van der Waals surface area contributed by atoms with Crippen LogP contribution in [0.5, 0.6) is 11.5 Å². The summed E-state index contributed by atoms with van der Waals surface area (Å²) in [6.45, 7) is 19.8. The van der Waals surface area contributed by atoms with Gasteiger partial charge in [-0.3, -0.25) is 4.79 Å². The molecule has 2 aliphatic rings. The number of benzene rings is 2. The number of para-hydroxylation sites is 2. The average molecular weight is 450 g/mol. The van der Waals surface area contributed by atoms with Gasteiger partial charge in [-0.1, -0.05) is 67.5 Å². The van der Waals surface area contributed by atoms with Crippen LogP contribution in [0.4, 0.5) is 10.1 Å². The van der Waals surface area contributed by atoms with Crippen LogP contribution < -0.4 is 14.8 Å². The van der Waals surface area contributed by atoms with Crippen molar-refractivity contribution >= 4 is 11.6 Å². The number of amides is 1. The van der Waals surface area contributed by atoms with E-state index in [0.717, 1.165) is 35.6 Å². The number of hydrogen-bond acceptors (Lipinski definition) is 3. The molecule has 0 radical (unpaired) electrons. The maximum Gasteiger partial charge on any atom is 0.265 e. The second kappa shape index (κ2) is 19.1. The first-order valence-electron chi connectivity index (χ1n) is 12.0. The molecule has 0 bridgehead atoms. The first-order valence-corrected chi connectivity index (χ1v) is 12.0. The Balaban J connectivity index is 0. The van der Waals surface area contributed by atoms with Gasteiger partial charge in [0.25, 0.3) is 5.91 Å². The summed E-state index contributed by atoms with van der Waals surface area (Å²) in [6, 6.07) is 12.1. The van der Waals surface area contributed by atoms with E-state index in [1.807, 2.05) is 86.6 Å². The molecule has 1 N–H and O–H groups in total. The lowest BCUT2D eigenvalue weighted by atomic mass is 10.0. The molecule has 2 heterocycles. The monoisotopic (exact) mass is 449 g/mol. The van der Waals surface area contributed by atoms with E-state index in [1.165, 1.54) is 6.07 Å². The molecule has 2 atom stereocenters. The molecule has 0 aliphatic carbocycles. The molecule has 2 aromatic carbocycles. The fourth-order valence-corrected chi connectivity index (χ4v) is 2.64. The molecule has 32 heavy (non-hydrogen) atoms. The van der Waals surface area contributed by atoms with Crippen LogP contribution in [0.15, 0.2) is 42.5 Å². The standard InChI is InChI=1S/C10H11FO.C9H9NO2.4C2H6/c1-7-2-3-8-6-9(11)4-5-10(8)12-7;1-6-9(11)10-7-4-2-3-5-8(7)12-6;4*1-2/h4-7H,2-3H2,1H3;2-6H,1H3,(H,10,11);4*1-2H3. The highest BCUT2D eigenvalue weighted by molar-refractivity contribution is 5.97. The highest BCUT2D eigenvalue weighted by atomic mass is 19.1. The summed E-state index contributed by atoms with van der Waals surface area (Å²) >= 11 is 0. The van der Waals surface area contributed by atoms with Gasteiger partial charge in [-0.15, -0.1) is 0 Å². The molecule has 182 valence electrons. The molecule has 4 rings (SSSR count). The third-order valence-corrected chi connectivity index (χ3v) is 3.99. The van der Waals surface area contributed by atoms with E-state index in [2.05, 4.69) is 5.32 Å². The minimum atomic E-state index is -0.389. The normalized spacial score (nSPS) is 16.5. The van der Waals surface area contributed by atoms with Crippen molar-refractivity contribution < 1.29 is 18.7 Å². The van der Waals surface area contributed by atoms with Crippen LogP contribution in [-0.4, -0.2) is 18.1 Å². The lowest BCUT2D eigenvalue weighted by molar-refractivity contribution is -0.122. The number of rotatable bonds is 0. The third-order valence-electron chi connectivity index (χ3n) is 3.99. The van der Waals surface area contributed by atoms with Gasteiger partial charge >= 0.3 is 0 Å². The van der Waals surface area contributed by atoms with Gasteiger partial charge in [0, 0.05) is 0 Å². The smallest absolute Gasteiger partial charge is 0.265 e. The van der Waals surface area contributed by atoms with Crippen molar-refractivity contribution in [3.05, 3.63) is 53.8 Å². The maximum atomic E-state index is 12.7. The summed E-state index contributed by atoms with van der Waals surface area (Å²) in [5, 5.41) is 2.75. The Morgan fingerprint density at radius 2 is 1.44 bits per heavy atom. The zero-order valence-corrected chi connectivity index (χ0v) is 21.7. The summed E-state index contributed by atoms with van der Waals surface area (Å²) in [4.78, 5) is 11.1. The molecule has 0 fully saturated rings. The Kier molecular flexibility index (Phi) is 18.9. The summed E-state index contributed by atoms with van der Waals surface area (Å²) in [6.07, 6.45) is 1.79. The molecule has 5 heteroatoms. The number of anilines is 1. The molecule has 0 saturated carbocycles. The van der Waals surface area contributed by atoms with Gasteiger partial charge in [0.2, 0.25) is 0 Å². The summed E-state index contributed by atoms with van der Waals surface area (Å²) in [5.41, 5.74) is 1.74. The van der Waals surface area contributed by atoms with Crippen LogP contribution >= 0.6 is 0 Å². The second-order valence-corrected chi connectivity index (χ2v) is 5.96. The molecule has 2 unspecified atom stereocenters. The van der Waals surface area contributed by atoms with E-state index in [4.69, 9.17) is 9.47 Å². The minimum absolute atomic E-state index is 0.0892. The molecular formula is C27H44FNO3. The Labute approximate surface area is 195 Å². The first kappa shape index (κ1) is 31.6. The number of carbonyl (C=O) groups is 1. The van der Waals surface area contributed by atoms with Crippen LogP contribution in [0.1, 0.15) is 81.2 Å². The zero-order chi connectivity index (χ0) is 25.1. The highest BCUT2D eigenvalue weighted by Gasteiger charge is 2.22. The van der Waals surface area contributed by atoms with Crippen LogP contribution in [0.25, 0.3) is 0 Å². The van der Waals surface area contributed by atoms with Crippen molar-refractivity contribution in [3.63, 3.8) is 0 Å². The summed E-state index contributed by atoms with van der Waals surface area (Å²) < 4.78 is 23.6. The molecule has 0 aromatic heterocycles. The summed E-state index contributed by atoms with van der Waals surface area (Å²) in [5.74, 6) is 1.32. The predicted octanol–water partition coefficient (Wildman–Crippen LogP) is 8.05. The number of ether oxygens (including phenoxy) is 2. The van der Waals surface area contributed by atoms with Gasteiger partial charge in [0.1, 0.15) is 17.3 Å². The van der Waals surface area contributed by atoms with Crippen molar-refractivity contribution in [2.24, 2.45) is 0 Å². The van der Waals surface area contributed by atoms with Gasteiger partial charge in [0.05, 0.1) is 11.8 Å². The number of halogens is 1. The van der Waals surface area contributed by atoms with Crippen LogP contribution in [0.2, 0.25) is 0 Å². The third kappa shape index (κ3) is 10.7. The van der Waals surface area contributed by atoms with Crippen molar-refractivity contribution in [2.45, 2.75) is 94.3 Å². The fourth-order valence-electron chi connectivity index (χ4n) is 2.64. The van der Waals surface area contributed by atoms with Gasteiger partial charge in [0.15, 0.2) is 6.10 Å². The van der Waals surface area contributed by atoms with Crippen molar-refractivity contribution in [2.75, 3.05) is 5.32 Å². The van der Waals surface area contributed by atoms with Crippen LogP contribution in [0, 0.1) is 5.82 Å². The van der Waals surface area contributed by atoms with E-state index in [1.54, 1.807) is 19.1 Å². The summed E-state index contributed by atoms with van der Waals surface area (Å²) in [7, 11) is 0. The molecule has 0 saturated heterocycles. The van der Waals surface area contributed by atoms with Gasteiger partial charge in [-0.2, -0.15) is 0 Å². The van der Waals surface area contributed by atoms with Gasteiger partial charge in [-0.25, -0.2) is 4.39 Å². The molecule has 4 nitrogen and oxygen atoms in total. The topological polar surface area (TPSA) is 47.6 Å². The molecule has 2 aromatic rings. The van der Waals surface area contributed by atoms with Crippen molar-refractivity contribution in [3.8, 4) is 11.5 Å². The van der Waals surface area contributed by atoms with E-state index in [-0.39, 0.29) is 23.9 Å². The number of nitrogens with one attached hydrogen (secondary N) is 1. The Bertz CT molecular complexity index is 749. The van der Waals surface area contributed by atoms with Crippen molar-refractivity contribution in [1.82, 2.24) is 0 Å². The average Bonchev–Trinajstić information content (AvgIpc) is 2.85. The Hall–Kier alpha value is -2.56. The number of carbonyl (C=O) groups excluding carboxylic acids is 1. The molecule has 1 amide bonds. The SMILES string of the molecule is CC.CC.CC.CC.CC1CCc2cc(F)ccc2O1.CC1Oc2ccccc2NC1=O. The maximum absolute atomic E-state index is 12.7. The first-order chi connectivity index (χ1) is 15.5. The van der Waals surface area contributed by atoms with E-state index >= 15 is 0 Å². The van der Waals surface area contributed by atoms with Gasteiger partial charge in [-0.05, 0) is 62.6 Å². The zero-order valence-electron chi connectivity index (χ0n) is 21.7. The fraction of sp³-hybridized carbons (Fsp3) is 0.519. The quantitative estimate of drug-likeness (QED) is 0.442. The van der Waals surface area contributed by atoms with Crippen LogP contribution in [0.3, 0.4) is 0 Å². The number of fused-ring (bicyclic) bond motifs is 2. The Morgan fingerprint density at radius 1 is 0.844 bits per heavy atom. The lowest BCUT2D eigenvalue weighted by Crippen LogP contribution is -2.34. The van der Waals surface area contributed by atoms with E-state index in [9.17, 15) is 9.18 Å². The predicted molar refractivity (Wildman–Crippen MR) is 135 cm³/mol. The highest BCUT2D eigenvalue weighted by Crippen LogP contribution is 2.28. The minimum Gasteiger partial charge on any atom is -0.490 e. The number of aryl methyl sites for hydroxylation is 1. The van der Waals surface area contributed by atoms with Crippen LogP contribution in [-0.2, 0) is 11.2 Å².